The predicted molar refractivity (Wildman–Crippen MR) is 120 cm³/mol. The van der Waals surface area contributed by atoms with Gasteiger partial charge in [0.15, 0.2) is 5.96 Å². The van der Waals surface area contributed by atoms with Crippen LogP contribution in [0.4, 0.5) is 0 Å². The van der Waals surface area contributed by atoms with Crippen LogP contribution in [0.5, 0.6) is 0 Å². The Hall–Kier alpha value is -0.420. The molecule has 0 aliphatic carbocycles. The van der Waals surface area contributed by atoms with Crippen LogP contribution >= 0.6 is 35.3 Å². The van der Waals surface area contributed by atoms with E-state index in [9.17, 15) is 0 Å². The Kier molecular flexibility index (Phi) is 7.78. The number of aryl methyl sites for hydroxylation is 1. The smallest absolute Gasteiger partial charge is 0.191 e. The first-order valence-corrected chi connectivity index (χ1v) is 10.6. The van der Waals surface area contributed by atoms with Gasteiger partial charge in [-0.25, -0.2) is 0 Å². The van der Waals surface area contributed by atoms with Crippen LogP contribution < -0.4 is 10.6 Å². The molecule has 0 aromatic carbocycles. The number of aliphatic imine (C=N–C) groups is 1. The largest absolute Gasteiger partial charge is 0.379 e. The van der Waals surface area contributed by atoms with Crippen molar-refractivity contribution in [1.82, 2.24) is 15.5 Å². The molecule has 0 amide bonds. The van der Waals surface area contributed by atoms with Crippen molar-refractivity contribution >= 4 is 41.3 Å². The van der Waals surface area contributed by atoms with Crippen LogP contribution in [-0.4, -0.2) is 69.0 Å². The van der Waals surface area contributed by atoms with E-state index in [0.29, 0.717) is 24.3 Å². The number of nitrogens with zero attached hydrogens (tertiary/aromatic N) is 2. The van der Waals surface area contributed by atoms with Gasteiger partial charge in [-0.05, 0) is 38.3 Å². The second-order valence-corrected chi connectivity index (χ2v) is 8.75. The standard InChI is InChI=1S/C19H30N4O2S.HI/c1-13-3-6-18(26-13)16(23-7-9-24-10-8-23)12-21-19(20-2)22-15-11-14-4-5-17(15)25-14;/h3,6,14-17H,4-5,7-12H2,1-2H3,(H2,20,21,22);1H. The number of hydrogen-bond acceptors (Lipinski definition) is 5. The van der Waals surface area contributed by atoms with E-state index in [0.717, 1.165) is 45.2 Å². The van der Waals surface area contributed by atoms with Crippen LogP contribution in [-0.2, 0) is 9.47 Å². The summed E-state index contributed by atoms with van der Waals surface area (Å²) < 4.78 is 11.5. The van der Waals surface area contributed by atoms with Gasteiger partial charge < -0.3 is 20.1 Å². The molecule has 3 aliphatic heterocycles. The Morgan fingerprint density at radius 2 is 2.15 bits per heavy atom. The third-order valence-corrected chi connectivity index (χ3v) is 6.79. The number of fused-ring (bicyclic) bond motifs is 2. The summed E-state index contributed by atoms with van der Waals surface area (Å²) in [5.41, 5.74) is 0. The lowest BCUT2D eigenvalue weighted by atomic mass is 9.96. The highest BCUT2D eigenvalue weighted by Gasteiger charge is 2.41. The van der Waals surface area contributed by atoms with Gasteiger partial charge in [0, 0.05) is 36.4 Å². The van der Waals surface area contributed by atoms with Crippen molar-refractivity contribution in [3.8, 4) is 0 Å². The molecule has 8 heteroatoms. The van der Waals surface area contributed by atoms with Gasteiger partial charge in [0.05, 0.1) is 37.5 Å². The SMILES string of the molecule is CN=C(NCC(c1ccc(C)s1)N1CCOCC1)NC1CC2CCC1O2.I. The Bertz CT molecular complexity index is 635. The zero-order chi connectivity index (χ0) is 17.9. The van der Waals surface area contributed by atoms with Crippen LogP contribution in [0.2, 0.25) is 0 Å². The van der Waals surface area contributed by atoms with Crippen molar-refractivity contribution in [2.24, 2.45) is 4.99 Å². The molecule has 0 spiro atoms. The molecule has 4 atom stereocenters. The van der Waals surface area contributed by atoms with Crippen molar-refractivity contribution in [3.63, 3.8) is 0 Å². The zero-order valence-electron chi connectivity index (χ0n) is 16.1. The first-order chi connectivity index (χ1) is 12.7. The number of nitrogens with one attached hydrogen (secondary N) is 2. The molecule has 2 N–H and O–H groups in total. The molecular weight excluding hydrogens is 475 g/mol. The van der Waals surface area contributed by atoms with Gasteiger partial charge in [-0.15, -0.1) is 35.3 Å². The second-order valence-electron chi connectivity index (χ2n) is 7.43. The zero-order valence-corrected chi connectivity index (χ0v) is 19.3. The number of ether oxygens (including phenoxy) is 2. The molecule has 6 nitrogen and oxygen atoms in total. The molecule has 152 valence electrons. The van der Waals surface area contributed by atoms with Crippen molar-refractivity contribution in [3.05, 3.63) is 21.9 Å². The third-order valence-electron chi connectivity index (χ3n) is 5.69. The van der Waals surface area contributed by atoms with Gasteiger partial charge in [0.1, 0.15) is 0 Å². The molecule has 0 radical (unpaired) electrons. The van der Waals surface area contributed by atoms with E-state index >= 15 is 0 Å². The molecule has 1 aromatic heterocycles. The third kappa shape index (κ3) is 5.14. The Morgan fingerprint density at radius 1 is 1.33 bits per heavy atom. The van der Waals surface area contributed by atoms with Crippen molar-refractivity contribution in [1.29, 1.82) is 0 Å². The van der Waals surface area contributed by atoms with E-state index in [1.54, 1.807) is 0 Å². The average Bonchev–Trinajstić information content (AvgIpc) is 3.39. The molecule has 0 saturated carbocycles. The molecule has 1 aromatic rings. The van der Waals surface area contributed by atoms with E-state index in [1.165, 1.54) is 22.6 Å². The topological polar surface area (TPSA) is 58.1 Å². The predicted octanol–water partition coefficient (Wildman–Crippen LogP) is 2.53. The van der Waals surface area contributed by atoms with Gasteiger partial charge in [0.2, 0.25) is 0 Å². The maximum absolute atomic E-state index is 5.96. The summed E-state index contributed by atoms with van der Waals surface area (Å²) in [7, 11) is 1.85. The van der Waals surface area contributed by atoms with Crippen LogP contribution in [0.25, 0.3) is 0 Å². The summed E-state index contributed by atoms with van der Waals surface area (Å²) >= 11 is 1.89. The lowest BCUT2D eigenvalue weighted by molar-refractivity contribution is 0.0177. The summed E-state index contributed by atoms with van der Waals surface area (Å²) in [6.45, 7) is 6.62. The highest BCUT2D eigenvalue weighted by atomic mass is 127. The summed E-state index contributed by atoms with van der Waals surface area (Å²) in [6, 6.07) is 5.23. The number of rotatable bonds is 5. The van der Waals surface area contributed by atoms with Crippen molar-refractivity contribution < 1.29 is 9.47 Å². The monoisotopic (exact) mass is 506 g/mol. The number of guanidine groups is 1. The van der Waals surface area contributed by atoms with Gasteiger partial charge in [-0.2, -0.15) is 0 Å². The molecule has 2 bridgehead atoms. The fraction of sp³-hybridized carbons (Fsp3) is 0.737. The lowest BCUT2D eigenvalue weighted by Gasteiger charge is -2.34. The molecule has 3 aliphatic rings. The minimum absolute atomic E-state index is 0. The Balaban J connectivity index is 0.00000210. The normalized spacial score (nSPS) is 29.4. The molecule has 3 saturated heterocycles. The lowest BCUT2D eigenvalue weighted by Crippen LogP contribution is -2.50. The van der Waals surface area contributed by atoms with E-state index in [1.807, 2.05) is 18.4 Å². The summed E-state index contributed by atoms with van der Waals surface area (Å²) in [5, 5.41) is 7.15. The Labute approximate surface area is 183 Å². The molecule has 4 unspecified atom stereocenters. The van der Waals surface area contributed by atoms with Crippen LogP contribution in [0.15, 0.2) is 17.1 Å². The molecule has 4 rings (SSSR count). The number of halogens is 1. The van der Waals surface area contributed by atoms with Crippen molar-refractivity contribution in [2.45, 2.75) is 50.5 Å². The van der Waals surface area contributed by atoms with Gasteiger partial charge in [-0.3, -0.25) is 9.89 Å². The van der Waals surface area contributed by atoms with Crippen molar-refractivity contribution in [2.75, 3.05) is 39.9 Å². The Morgan fingerprint density at radius 3 is 2.74 bits per heavy atom. The highest BCUT2D eigenvalue weighted by Crippen LogP contribution is 2.34. The van der Waals surface area contributed by atoms with E-state index < -0.39 is 0 Å². The summed E-state index contributed by atoms with van der Waals surface area (Å²) in [5.74, 6) is 0.887. The first-order valence-electron chi connectivity index (χ1n) is 9.73. The van der Waals surface area contributed by atoms with Gasteiger partial charge >= 0.3 is 0 Å². The maximum atomic E-state index is 5.96. The number of morpholine rings is 1. The fourth-order valence-electron chi connectivity index (χ4n) is 4.28. The molecule has 27 heavy (non-hydrogen) atoms. The van der Waals surface area contributed by atoms with Gasteiger partial charge in [0.25, 0.3) is 0 Å². The minimum atomic E-state index is 0. The first kappa shape index (κ1) is 21.3. The van der Waals surface area contributed by atoms with E-state index in [4.69, 9.17) is 9.47 Å². The molecule has 4 heterocycles. The highest BCUT2D eigenvalue weighted by molar-refractivity contribution is 14.0. The summed E-state index contributed by atoms with van der Waals surface area (Å²) in [6.07, 6.45) is 4.29. The van der Waals surface area contributed by atoms with Crippen LogP contribution in [0.1, 0.15) is 35.1 Å². The van der Waals surface area contributed by atoms with Crippen LogP contribution in [0.3, 0.4) is 0 Å². The van der Waals surface area contributed by atoms with Crippen LogP contribution in [0, 0.1) is 6.92 Å². The fourth-order valence-corrected chi connectivity index (χ4v) is 5.30. The quantitative estimate of drug-likeness (QED) is 0.365. The van der Waals surface area contributed by atoms with E-state index in [2.05, 4.69) is 39.6 Å². The summed E-state index contributed by atoms with van der Waals surface area (Å²) in [4.78, 5) is 9.75. The average molecular weight is 506 g/mol. The minimum Gasteiger partial charge on any atom is -0.379 e. The number of hydrogen-bond donors (Lipinski definition) is 2. The second kappa shape index (κ2) is 9.87. The molecular formula is C19H31IN4O2S. The van der Waals surface area contributed by atoms with Gasteiger partial charge in [-0.1, -0.05) is 0 Å². The van der Waals surface area contributed by atoms with E-state index in [-0.39, 0.29) is 24.0 Å². The maximum Gasteiger partial charge on any atom is 0.191 e. The molecule has 3 fully saturated rings. The number of thiophene rings is 1.